The third kappa shape index (κ3) is 1.62. The van der Waals surface area contributed by atoms with Crippen molar-refractivity contribution in [1.82, 2.24) is 0 Å². The molecule has 0 radical (unpaired) electrons. The minimum Gasteiger partial charge on any atom is -0.497 e. The SMILES string of the molecule is COc1ccc2c(c1)C(C(C)N)=CS2(=O)=O. The average molecular weight is 239 g/mol. The number of rotatable bonds is 2. The lowest BCUT2D eigenvalue weighted by molar-refractivity contribution is 0.414. The molecule has 0 fully saturated rings. The zero-order valence-electron chi connectivity index (χ0n) is 9.10. The van der Waals surface area contributed by atoms with Crippen LogP contribution in [0.15, 0.2) is 28.5 Å². The van der Waals surface area contributed by atoms with Crippen LogP contribution in [0.3, 0.4) is 0 Å². The van der Waals surface area contributed by atoms with Crippen LogP contribution in [-0.4, -0.2) is 21.6 Å². The highest BCUT2D eigenvalue weighted by Crippen LogP contribution is 2.36. The maximum Gasteiger partial charge on any atom is 0.200 e. The molecule has 1 atom stereocenters. The second-order valence-corrected chi connectivity index (χ2v) is 5.53. The van der Waals surface area contributed by atoms with E-state index >= 15 is 0 Å². The Morgan fingerprint density at radius 2 is 2.06 bits per heavy atom. The van der Waals surface area contributed by atoms with E-state index in [4.69, 9.17) is 10.5 Å². The van der Waals surface area contributed by atoms with Crippen molar-refractivity contribution in [2.75, 3.05) is 7.11 Å². The van der Waals surface area contributed by atoms with E-state index in [1.165, 1.54) is 5.41 Å². The molecule has 4 nitrogen and oxygen atoms in total. The van der Waals surface area contributed by atoms with E-state index in [0.29, 0.717) is 21.8 Å². The summed E-state index contributed by atoms with van der Waals surface area (Å²) in [7, 11) is -1.78. The third-order valence-electron chi connectivity index (χ3n) is 2.58. The van der Waals surface area contributed by atoms with E-state index in [2.05, 4.69) is 0 Å². The minimum atomic E-state index is -3.32. The fourth-order valence-electron chi connectivity index (χ4n) is 1.76. The summed E-state index contributed by atoms with van der Waals surface area (Å²) in [4.78, 5) is 0.306. The standard InChI is InChI=1S/C11H13NO3S/c1-7(12)10-6-16(13,14)11-4-3-8(15-2)5-9(10)11/h3-7H,12H2,1-2H3. The van der Waals surface area contributed by atoms with E-state index in [1.807, 2.05) is 0 Å². The Bertz CT molecular complexity index is 559. The Balaban J connectivity index is 2.68. The van der Waals surface area contributed by atoms with Crippen molar-refractivity contribution in [2.24, 2.45) is 5.73 Å². The lowest BCUT2D eigenvalue weighted by atomic mass is 10.0. The zero-order chi connectivity index (χ0) is 11.9. The lowest BCUT2D eigenvalue weighted by Crippen LogP contribution is -2.16. The lowest BCUT2D eigenvalue weighted by Gasteiger charge is -2.09. The average Bonchev–Trinajstić information content (AvgIpc) is 2.50. The van der Waals surface area contributed by atoms with E-state index in [-0.39, 0.29) is 6.04 Å². The first-order chi connectivity index (χ1) is 7.45. The Morgan fingerprint density at radius 1 is 1.38 bits per heavy atom. The number of fused-ring (bicyclic) bond motifs is 1. The summed E-state index contributed by atoms with van der Waals surface area (Å²) < 4.78 is 28.7. The van der Waals surface area contributed by atoms with Crippen LogP contribution in [0.1, 0.15) is 12.5 Å². The molecular formula is C11H13NO3S. The van der Waals surface area contributed by atoms with E-state index < -0.39 is 9.84 Å². The Kier molecular flexibility index (Phi) is 2.52. The zero-order valence-corrected chi connectivity index (χ0v) is 9.91. The van der Waals surface area contributed by atoms with Gasteiger partial charge < -0.3 is 10.5 Å². The van der Waals surface area contributed by atoms with Gasteiger partial charge in [0.05, 0.1) is 12.0 Å². The van der Waals surface area contributed by atoms with Gasteiger partial charge in [-0.1, -0.05) is 0 Å². The van der Waals surface area contributed by atoms with Crippen LogP contribution < -0.4 is 10.5 Å². The van der Waals surface area contributed by atoms with Gasteiger partial charge in [0.2, 0.25) is 9.84 Å². The molecule has 16 heavy (non-hydrogen) atoms. The first-order valence-electron chi connectivity index (χ1n) is 4.86. The van der Waals surface area contributed by atoms with Crippen LogP contribution in [0.4, 0.5) is 0 Å². The molecule has 0 spiro atoms. The molecule has 1 aromatic rings. The maximum atomic E-state index is 11.8. The van der Waals surface area contributed by atoms with E-state index in [9.17, 15) is 8.42 Å². The predicted octanol–water partition coefficient (Wildman–Crippen LogP) is 1.17. The molecule has 2 N–H and O–H groups in total. The summed E-state index contributed by atoms with van der Waals surface area (Å²) in [6, 6.07) is 4.57. The van der Waals surface area contributed by atoms with E-state index in [1.54, 1.807) is 32.2 Å². The van der Waals surface area contributed by atoms with Gasteiger partial charge in [-0.15, -0.1) is 0 Å². The number of nitrogens with two attached hydrogens (primary N) is 1. The smallest absolute Gasteiger partial charge is 0.200 e. The summed E-state index contributed by atoms with van der Waals surface area (Å²) in [5.41, 5.74) is 7.03. The molecule has 0 amide bonds. The predicted molar refractivity (Wildman–Crippen MR) is 61.8 cm³/mol. The van der Waals surface area contributed by atoms with Gasteiger partial charge >= 0.3 is 0 Å². The number of methoxy groups -OCH3 is 1. The highest BCUT2D eigenvalue weighted by atomic mass is 32.2. The Morgan fingerprint density at radius 3 is 2.62 bits per heavy atom. The summed E-state index contributed by atoms with van der Waals surface area (Å²) in [6.45, 7) is 1.76. The summed E-state index contributed by atoms with van der Waals surface area (Å²) >= 11 is 0. The van der Waals surface area contributed by atoms with Gasteiger partial charge in [0.1, 0.15) is 5.75 Å². The van der Waals surface area contributed by atoms with Crippen molar-refractivity contribution in [2.45, 2.75) is 17.9 Å². The second-order valence-electron chi connectivity index (χ2n) is 3.77. The number of ether oxygens (including phenoxy) is 1. The van der Waals surface area contributed by atoms with Crippen LogP contribution in [0, 0.1) is 0 Å². The fourth-order valence-corrected chi connectivity index (χ4v) is 3.30. The van der Waals surface area contributed by atoms with Crippen molar-refractivity contribution in [3.63, 3.8) is 0 Å². The summed E-state index contributed by atoms with van der Waals surface area (Å²) in [5, 5.41) is 1.24. The molecule has 86 valence electrons. The highest BCUT2D eigenvalue weighted by Gasteiger charge is 2.28. The summed E-state index contributed by atoms with van der Waals surface area (Å²) in [5.74, 6) is 0.627. The van der Waals surface area contributed by atoms with Crippen molar-refractivity contribution in [3.05, 3.63) is 29.2 Å². The molecular weight excluding hydrogens is 226 g/mol. The molecule has 0 aromatic heterocycles. The van der Waals surface area contributed by atoms with Crippen LogP contribution in [-0.2, 0) is 9.84 Å². The molecule has 1 aliphatic rings. The topological polar surface area (TPSA) is 69.4 Å². The molecule has 0 saturated carbocycles. The minimum absolute atomic E-state index is 0.306. The molecule has 0 saturated heterocycles. The van der Waals surface area contributed by atoms with Crippen LogP contribution >= 0.6 is 0 Å². The number of benzene rings is 1. The largest absolute Gasteiger partial charge is 0.497 e. The molecule has 1 aromatic carbocycles. The molecule has 0 aliphatic carbocycles. The van der Waals surface area contributed by atoms with Crippen LogP contribution in [0.2, 0.25) is 0 Å². The van der Waals surface area contributed by atoms with Gasteiger partial charge in [-0.2, -0.15) is 0 Å². The number of hydrogen-bond donors (Lipinski definition) is 1. The van der Waals surface area contributed by atoms with Gasteiger partial charge in [0.15, 0.2) is 0 Å². The molecule has 0 bridgehead atoms. The van der Waals surface area contributed by atoms with Crippen molar-refractivity contribution >= 4 is 15.4 Å². The fraction of sp³-hybridized carbons (Fsp3) is 0.273. The maximum absolute atomic E-state index is 11.8. The molecule has 1 heterocycles. The van der Waals surface area contributed by atoms with Gasteiger partial charge in [0.25, 0.3) is 0 Å². The van der Waals surface area contributed by atoms with Crippen molar-refractivity contribution in [1.29, 1.82) is 0 Å². The monoisotopic (exact) mass is 239 g/mol. The Labute approximate surface area is 94.6 Å². The van der Waals surface area contributed by atoms with Gasteiger partial charge in [0, 0.05) is 17.0 Å². The number of sulfone groups is 1. The highest BCUT2D eigenvalue weighted by molar-refractivity contribution is 7.95. The van der Waals surface area contributed by atoms with Crippen LogP contribution in [0.25, 0.3) is 5.57 Å². The summed E-state index contributed by atoms with van der Waals surface area (Å²) in [6.07, 6.45) is 0. The van der Waals surface area contributed by atoms with Crippen molar-refractivity contribution < 1.29 is 13.2 Å². The number of hydrogen-bond acceptors (Lipinski definition) is 4. The Hall–Kier alpha value is -1.33. The molecule has 1 unspecified atom stereocenters. The first-order valence-corrected chi connectivity index (χ1v) is 6.41. The molecule has 1 aliphatic heterocycles. The van der Waals surface area contributed by atoms with E-state index in [0.717, 1.165) is 0 Å². The van der Waals surface area contributed by atoms with Crippen LogP contribution in [0.5, 0.6) is 5.75 Å². The van der Waals surface area contributed by atoms with Gasteiger partial charge in [-0.25, -0.2) is 8.42 Å². The molecule has 2 rings (SSSR count). The molecule has 5 heteroatoms. The quantitative estimate of drug-likeness (QED) is 0.841. The normalized spacial score (nSPS) is 18.8. The van der Waals surface area contributed by atoms with Gasteiger partial charge in [-0.3, -0.25) is 0 Å². The first kappa shape index (κ1) is 11.2. The second kappa shape index (κ2) is 3.61. The third-order valence-corrected chi connectivity index (χ3v) is 4.11. The van der Waals surface area contributed by atoms with Gasteiger partial charge in [-0.05, 0) is 30.7 Å². The van der Waals surface area contributed by atoms with Crippen molar-refractivity contribution in [3.8, 4) is 5.75 Å².